The fourth-order valence-corrected chi connectivity index (χ4v) is 4.18. The van der Waals surface area contributed by atoms with Crippen molar-refractivity contribution >= 4 is 40.9 Å². The number of hydrogen-bond donors (Lipinski definition) is 3. The zero-order valence-corrected chi connectivity index (χ0v) is 20.8. The second kappa shape index (κ2) is 11.7. The summed E-state index contributed by atoms with van der Waals surface area (Å²) in [6, 6.07) is 17.8. The lowest BCUT2D eigenvalue weighted by Crippen LogP contribution is -2.32. The predicted octanol–water partition coefficient (Wildman–Crippen LogP) is 4.91. The Morgan fingerprint density at radius 3 is 2.46 bits per heavy atom. The number of ether oxygens (including phenoxy) is 2. The van der Waals surface area contributed by atoms with Gasteiger partial charge in [0.15, 0.2) is 0 Å². The minimum atomic E-state index is -0.995. The van der Waals surface area contributed by atoms with Crippen molar-refractivity contribution in [2.45, 2.75) is 18.9 Å². The van der Waals surface area contributed by atoms with Crippen LogP contribution in [0.2, 0.25) is 5.02 Å². The average molecular weight is 524 g/mol. The molecule has 0 saturated carbocycles. The van der Waals surface area contributed by atoms with Gasteiger partial charge in [-0.3, -0.25) is 4.79 Å². The quantitative estimate of drug-likeness (QED) is 0.386. The number of hydrogen-bond acceptors (Lipinski definition) is 5. The molecule has 192 valence electrons. The molecule has 3 aromatic rings. The molecule has 9 nitrogen and oxygen atoms in total. The number of nitrogens with zero attached hydrogens (tertiary/aromatic N) is 1. The number of carboxylic acids is 1. The van der Waals surface area contributed by atoms with Crippen molar-refractivity contribution in [3.05, 3.63) is 82.9 Å². The van der Waals surface area contributed by atoms with E-state index in [1.54, 1.807) is 59.5 Å². The first-order valence-corrected chi connectivity index (χ1v) is 12.0. The van der Waals surface area contributed by atoms with E-state index < -0.39 is 12.0 Å². The second-order valence-corrected chi connectivity index (χ2v) is 8.88. The SMILES string of the molecule is COc1cc(CC(=O)N2CC[C@H](Oc3ccc(C(=O)O)cc3)C2)ccc1NC(=O)Nc1ccccc1Cl. The molecule has 0 spiro atoms. The minimum Gasteiger partial charge on any atom is -0.495 e. The summed E-state index contributed by atoms with van der Waals surface area (Å²) in [5, 5.41) is 14.8. The number of likely N-dealkylation sites (tertiary alicyclic amines) is 1. The lowest BCUT2D eigenvalue weighted by molar-refractivity contribution is -0.129. The van der Waals surface area contributed by atoms with Crippen LogP contribution >= 0.6 is 11.6 Å². The summed E-state index contributed by atoms with van der Waals surface area (Å²) in [5.74, 6) is -0.0562. The zero-order valence-electron chi connectivity index (χ0n) is 20.1. The molecule has 1 saturated heterocycles. The maximum atomic E-state index is 12.9. The number of benzene rings is 3. The highest BCUT2D eigenvalue weighted by Crippen LogP contribution is 2.28. The van der Waals surface area contributed by atoms with Crippen LogP contribution in [0.4, 0.5) is 16.2 Å². The number of anilines is 2. The summed E-state index contributed by atoms with van der Waals surface area (Å²) < 4.78 is 11.3. The summed E-state index contributed by atoms with van der Waals surface area (Å²) in [4.78, 5) is 38.0. The van der Waals surface area contributed by atoms with Gasteiger partial charge in [-0.15, -0.1) is 0 Å². The van der Waals surface area contributed by atoms with Crippen LogP contribution in [0.15, 0.2) is 66.7 Å². The van der Waals surface area contributed by atoms with Crippen LogP contribution in [0, 0.1) is 0 Å². The number of carboxylic acid groups (broad SMARTS) is 1. The lowest BCUT2D eigenvalue weighted by Gasteiger charge is -2.18. The van der Waals surface area contributed by atoms with Gasteiger partial charge < -0.3 is 30.1 Å². The third kappa shape index (κ3) is 6.71. The molecule has 1 fully saturated rings. The summed E-state index contributed by atoms with van der Waals surface area (Å²) >= 11 is 6.09. The Morgan fingerprint density at radius 1 is 1.03 bits per heavy atom. The normalized spacial score (nSPS) is 14.6. The van der Waals surface area contributed by atoms with Crippen molar-refractivity contribution in [3.8, 4) is 11.5 Å². The maximum absolute atomic E-state index is 12.9. The van der Waals surface area contributed by atoms with E-state index in [1.165, 1.54) is 19.2 Å². The van der Waals surface area contributed by atoms with Gasteiger partial charge in [0.1, 0.15) is 17.6 Å². The van der Waals surface area contributed by atoms with Crippen molar-refractivity contribution in [3.63, 3.8) is 0 Å². The molecule has 0 unspecified atom stereocenters. The Labute approximate surface area is 218 Å². The van der Waals surface area contributed by atoms with Crippen LogP contribution < -0.4 is 20.1 Å². The number of methoxy groups -OCH3 is 1. The van der Waals surface area contributed by atoms with Crippen molar-refractivity contribution < 1.29 is 29.0 Å². The van der Waals surface area contributed by atoms with E-state index in [-0.39, 0.29) is 24.0 Å². The van der Waals surface area contributed by atoms with Gasteiger partial charge in [-0.05, 0) is 54.1 Å². The summed E-state index contributed by atoms with van der Waals surface area (Å²) in [6.07, 6.45) is 0.680. The van der Waals surface area contributed by atoms with Crippen LogP contribution in [0.1, 0.15) is 22.3 Å². The highest BCUT2D eigenvalue weighted by Gasteiger charge is 2.28. The largest absolute Gasteiger partial charge is 0.495 e. The van der Waals surface area contributed by atoms with E-state index in [4.69, 9.17) is 26.2 Å². The molecule has 1 heterocycles. The number of urea groups is 1. The van der Waals surface area contributed by atoms with Crippen LogP contribution in [-0.4, -0.2) is 54.2 Å². The third-order valence-corrected chi connectivity index (χ3v) is 6.22. The molecule has 4 rings (SSSR count). The number of rotatable bonds is 8. The van der Waals surface area contributed by atoms with Gasteiger partial charge in [0.05, 0.1) is 42.0 Å². The van der Waals surface area contributed by atoms with E-state index in [9.17, 15) is 14.4 Å². The number of nitrogens with one attached hydrogen (secondary N) is 2. The van der Waals surface area contributed by atoms with Crippen molar-refractivity contribution in [2.24, 2.45) is 0 Å². The monoisotopic (exact) mass is 523 g/mol. The molecular formula is C27H26ClN3O6. The number of carbonyl (C=O) groups excluding carboxylic acids is 2. The van der Waals surface area contributed by atoms with Gasteiger partial charge in [-0.2, -0.15) is 0 Å². The van der Waals surface area contributed by atoms with Crippen LogP contribution in [-0.2, 0) is 11.2 Å². The average Bonchev–Trinajstić information content (AvgIpc) is 3.35. The number of carbonyl (C=O) groups is 3. The van der Waals surface area contributed by atoms with Crippen molar-refractivity contribution in [2.75, 3.05) is 30.8 Å². The topological polar surface area (TPSA) is 117 Å². The summed E-state index contributed by atoms with van der Waals surface area (Å²) in [6.45, 7) is 1.01. The highest BCUT2D eigenvalue weighted by molar-refractivity contribution is 6.33. The molecule has 0 bridgehead atoms. The minimum absolute atomic E-state index is 0.0495. The Kier molecular flexibility index (Phi) is 8.15. The summed E-state index contributed by atoms with van der Waals surface area (Å²) in [7, 11) is 1.49. The predicted molar refractivity (Wildman–Crippen MR) is 140 cm³/mol. The van der Waals surface area contributed by atoms with Crippen LogP contribution in [0.25, 0.3) is 0 Å². The first kappa shape index (κ1) is 25.8. The molecule has 1 atom stereocenters. The van der Waals surface area contributed by atoms with E-state index in [0.717, 1.165) is 5.56 Å². The van der Waals surface area contributed by atoms with Crippen LogP contribution in [0.3, 0.4) is 0 Å². The standard InChI is InChI=1S/C27H26ClN3O6/c1-36-24-14-17(6-11-23(24)30-27(35)29-22-5-3-2-4-21(22)28)15-25(32)31-13-12-20(16-31)37-19-9-7-18(8-10-19)26(33)34/h2-11,14,20H,12-13,15-16H2,1H3,(H,33,34)(H2,29,30,35)/t20-/m0/s1. The number of amides is 3. The van der Waals surface area contributed by atoms with Gasteiger partial charge in [0.25, 0.3) is 0 Å². The molecular weight excluding hydrogens is 498 g/mol. The fourth-order valence-electron chi connectivity index (χ4n) is 3.99. The van der Waals surface area contributed by atoms with Gasteiger partial charge in [-0.25, -0.2) is 9.59 Å². The molecule has 3 amide bonds. The Bertz CT molecular complexity index is 1300. The van der Waals surface area contributed by atoms with Gasteiger partial charge in [0.2, 0.25) is 5.91 Å². The smallest absolute Gasteiger partial charge is 0.335 e. The first-order valence-electron chi connectivity index (χ1n) is 11.6. The fraction of sp³-hybridized carbons (Fsp3) is 0.222. The second-order valence-electron chi connectivity index (χ2n) is 8.47. The number of aromatic carboxylic acids is 1. The molecule has 3 N–H and O–H groups in total. The van der Waals surface area contributed by atoms with Crippen molar-refractivity contribution in [1.82, 2.24) is 4.90 Å². The van der Waals surface area contributed by atoms with Crippen LogP contribution in [0.5, 0.6) is 11.5 Å². The molecule has 3 aromatic carbocycles. The Hall–Kier alpha value is -4.24. The Morgan fingerprint density at radius 2 is 1.76 bits per heavy atom. The van der Waals surface area contributed by atoms with E-state index >= 15 is 0 Å². The van der Waals surface area contributed by atoms with E-state index in [1.807, 2.05) is 0 Å². The van der Waals surface area contributed by atoms with Gasteiger partial charge in [-0.1, -0.05) is 29.8 Å². The first-order chi connectivity index (χ1) is 17.8. The molecule has 1 aliphatic heterocycles. The number of halogens is 1. The van der Waals surface area contributed by atoms with E-state index in [2.05, 4.69) is 10.6 Å². The third-order valence-electron chi connectivity index (χ3n) is 5.89. The maximum Gasteiger partial charge on any atom is 0.335 e. The molecule has 0 radical (unpaired) electrons. The highest BCUT2D eigenvalue weighted by atomic mass is 35.5. The lowest BCUT2D eigenvalue weighted by atomic mass is 10.1. The van der Waals surface area contributed by atoms with E-state index in [0.29, 0.717) is 47.4 Å². The molecule has 37 heavy (non-hydrogen) atoms. The Balaban J connectivity index is 1.32. The van der Waals surface area contributed by atoms with Gasteiger partial charge >= 0.3 is 12.0 Å². The molecule has 0 aromatic heterocycles. The molecule has 10 heteroatoms. The van der Waals surface area contributed by atoms with Crippen molar-refractivity contribution in [1.29, 1.82) is 0 Å². The zero-order chi connectivity index (χ0) is 26.4. The number of para-hydroxylation sites is 1. The molecule has 0 aliphatic carbocycles. The van der Waals surface area contributed by atoms with Gasteiger partial charge in [0, 0.05) is 13.0 Å². The molecule has 1 aliphatic rings. The summed E-state index contributed by atoms with van der Waals surface area (Å²) in [5.41, 5.74) is 1.86.